The third kappa shape index (κ3) is 18.9. The quantitative estimate of drug-likeness (QED) is 0.106. The van der Waals surface area contributed by atoms with Gasteiger partial charge in [-0.3, -0.25) is 4.79 Å². The van der Waals surface area contributed by atoms with E-state index in [-0.39, 0.29) is 18.4 Å². The first-order valence-electron chi connectivity index (χ1n) is 13.5. The van der Waals surface area contributed by atoms with E-state index in [0.29, 0.717) is 19.6 Å². The molecule has 5 nitrogen and oxygen atoms in total. The molecule has 1 rings (SSSR count). The molecule has 0 aromatic rings. The summed E-state index contributed by atoms with van der Waals surface area (Å²) in [6.07, 6.45) is 26.3. The molecule has 1 heterocycles. The molecule has 1 aliphatic heterocycles. The van der Waals surface area contributed by atoms with E-state index in [4.69, 9.17) is 14.2 Å². The van der Waals surface area contributed by atoms with Crippen molar-refractivity contribution < 1.29 is 19.0 Å². The zero-order chi connectivity index (χ0) is 24.0. The molecule has 1 saturated heterocycles. The fraction of sp³-hybridized carbons (Fsp3) is 0.821. The molecule has 0 aromatic carbocycles. The standard InChI is InChI=1S/C28H51NO4/c1-4-5-6-7-8-9-10-11-12-13-14-15-16-17-18-19-24-31-28-21-20-26(33-28)25-32-27(30)22-23-29(2)3/h8-9,11-12,26,28H,4-7,10,13-25H2,1-3H3/b9-8-,12-11-/t26-,28+/m0/s1. The van der Waals surface area contributed by atoms with Crippen molar-refractivity contribution in [3.63, 3.8) is 0 Å². The van der Waals surface area contributed by atoms with Gasteiger partial charge in [0.05, 0.1) is 12.5 Å². The second kappa shape index (κ2) is 21.4. The van der Waals surface area contributed by atoms with Gasteiger partial charge < -0.3 is 19.1 Å². The molecule has 33 heavy (non-hydrogen) atoms. The van der Waals surface area contributed by atoms with Crippen LogP contribution < -0.4 is 0 Å². The fourth-order valence-electron chi connectivity index (χ4n) is 3.80. The number of rotatable bonds is 21. The largest absolute Gasteiger partial charge is 0.463 e. The van der Waals surface area contributed by atoms with E-state index in [2.05, 4.69) is 31.2 Å². The molecular weight excluding hydrogens is 414 g/mol. The van der Waals surface area contributed by atoms with E-state index in [1.165, 1.54) is 64.2 Å². The predicted octanol–water partition coefficient (Wildman–Crippen LogP) is 6.82. The summed E-state index contributed by atoms with van der Waals surface area (Å²) in [5.41, 5.74) is 0. The molecule has 0 aliphatic carbocycles. The highest BCUT2D eigenvalue weighted by atomic mass is 16.7. The van der Waals surface area contributed by atoms with Crippen molar-refractivity contribution in [2.75, 3.05) is 33.9 Å². The first-order valence-corrected chi connectivity index (χ1v) is 13.5. The molecule has 0 unspecified atom stereocenters. The minimum Gasteiger partial charge on any atom is -0.463 e. The zero-order valence-electron chi connectivity index (χ0n) is 21.8. The minimum absolute atomic E-state index is 0.0193. The molecular formula is C28H51NO4. The van der Waals surface area contributed by atoms with Crippen LogP contribution in [-0.4, -0.2) is 57.1 Å². The molecule has 0 aromatic heterocycles. The van der Waals surface area contributed by atoms with Gasteiger partial charge in [0.15, 0.2) is 6.29 Å². The van der Waals surface area contributed by atoms with Gasteiger partial charge in [-0.2, -0.15) is 0 Å². The highest BCUT2D eigenvalue weighted by molar-refractivity contribution is 5.69. The molecule has 192 valence electrons. The molecule has 0 radical (unpaired) electrons. The smallest absolute Gasteiger partial charge is 0.307 e. The summed E-state index contributed by atoms with van der Waals surface area (Å²) in [7, 11) is 3.90. The number of esters is 1. The Kier molecular flexibility index (Phi) is 19.3. The van der Waals surface area contributed by atoms with Gasteiger partial charge in [0.25, 0.3) is 0 Å². The van der Waals surface area contributed by atoms with E-state index < -0.39 is 0 Å². The molecule has 0 amide bonds. The number of carbonyl (C=O) groups excluding carboxylic acids is 1. The van der Waals surface area contributed by atoms with Crippen LogP contribution in [0.15, 0.2) is 24.3 Å². The van der Waals surface area contributed by atoms with Gasteiger partial charge in [-0.05, 0) is 59.0 Å². The van der Waals surface area contributed by atoms with Crippen LogP contribution in [0.3, 0.4) is 0 Å². The normalized spacial score (nSPS) is 18.8. The number of hydrogen-bond donors (Lipinski definition) is 0. The van der Waals surface area contributed by atoms with Crippen LogP contribution in [0.2, 0.25) is 0 Å². The monoisotopic (exact) mass is 465 g/mol. The minimum atomic E-state index is -0.155. The Morgan fingerprint density at radius 2 is 1.58 bits per heavy atom. The lowest BCUT2D eigenvalue weighted by Gasteiger charge is -2.15. The van der Waals surface area contributed by atoms with Crippen molar-refractivity contribution in [2.24, 2.45) is 0 Å². The SMILES string of the molecule is CCCCC/C=C\C/C=C\CCCCCCCCO[C@H]1CC[C@@H](COC(=O)CCN(C)C)O1. The lowest BCUT2D eigenvalue weighted by molar-refractivity contribution is -0.160. The number of allylic oxidation sites excluding steroid dienone is 4. The Bertz CT molecular complexity index is 518. The van der Waals surface area contributed by atoms with Gasteiger partial charge in [-0.25, -0.2) is 0 Å². The highest BCUT2D eigenvalue weighted by Gasteiger charge is 2.26. The summed E-state index contributed by atoms with van der Waals surface area (Å²) in [6.45, 7) is 4.07. The van der Waals surface area contributed by atoms with Gasteiger partial charge in [0.1, 0.15) is 6.61 Å². The lowest BCUT2D eigenvalue weighted by Crippen LogP contribution is -2.23. The second-order valence-corrected chi connectivity index (χ2v) is 9.46. The topological polar surface area (TPSA) is 48.0 Å². The lowest BCUT2D eigenvalue weighted by atomic mass is 10.1. The first kappa shape index (κ1) is 29.9. The van der Waals surface area contributed by atoms with E-state index >= 15 is 0 Å². The Hall–Kier alpha value is -1.17. The van der Waals surface area contributed by atoms with Crippen LogP contribution in [0.5, 0.6) is 0 Å². The van der Waals surface area contributed by atoms with E-state index in [9.17, 15) is 4.79 Å². The van der Waals surface area contributed by atoms with Crippen LogP contribution >= 0.6 is 0 Å². The molecule has 1 fully saturated rings. The molecule has 0 saturated carbocycles. The summed E-state index contributed by atoms with van der Waals surface area (Å²) >= 11 is 0. The number of unbranched alkanes of at least 4 members (excludes halogenated alkanes) is 9. The molecule has 0 spiro atoms. The van der Waals surface area contributed by atoms with Gasteiger partial charge in [0.2, 0.25) is 0 Å². The summed E-state index contributed by atoms with van der Waals surface area (Å²) < 4.78 is 17.0. The molecule has 2 atom stereocenters. The van der Waals surface area contributed by atoms with E-state index in [1.54, 1.807) is 0 Å². The van der Waals surface area contributed by atoms with Crippen molar-refractivity contribution in [3.05, 3.63) is 24.3 Å². The number of ether oxygens (including phenoxy) is 3. The maximum absolute atomic E-state index is 11.7. The van der Waals surface area contributed by atoms with Crippen molar-refractivity contribution in [1.82, 2.24) is 4.90 Å². The summed E-state index contributed by atoms with van der Waals surface area (Å²) in [4.78, 5) is 13.7. The van der Waals surface area contributed by atoms with Crippen LogP contribution in [0.1, 0.15) is 103 Å². The third-order valence-corrected chi connectivity index (χ3v) is 5.91. The Morgan fingerprint density at radius 3 is 2.27 bits per heavy atom. The van der Waals surface area contributed by atoms with Crippen LogP contribution in [0, 0.1) is 0 Å². The molecule has 5 heteroatoms. The highest BCUT2D eigenvalue weighted by Crippen LogP contribution is 2.21. The number of carbonyl (C=O) groups is 1. The van der Waals surface area contributed by atoms with Crippen molar-refractivity contribution >= 4 is 5.97 Å². The van der Waals surface area contributed by atoms with Gasteiger partial charge in [-0.1, -0.05) is 69.8 Å². The van der Waals surface area contributed by atoms with Crippen LogP contribution in [0.25, 0.3) is 0 Å². The van der Waals surface area contributed by atoms with Gasteiger partial charge in [0, 0.05) is 19.6 Å². The molecule has 1 aliphatic rings. The maximum Gasteiger partial charge on any atom is 0.307 e. The summed E-state index contributed by atoms with van der Waals surface area (Å²) in [5.74, 6) is -0.155. The number of nitrogens with zero attached hydrogens (tertiary/aromatic N) is 1. The van der Waals surface area contributed by atoms with Crippen molar-refractivity contribution in [2.45, 2.75) is 116 Å². The fourth-order valence-corrected chi connectivity index (χ4v) is 3.80. The average Bonchev–Trinajstić information content (AvgIpc) is 3.26. The molecule has 0 N–H and O–H groups in total. The van der Waals surface area contributed by atoms with Gasteiger partial charge >= 0.3 is 5.97 Å². The predicted molar refractivity (Wildman–Crippen MR) is 137 cm³/mol. The van der Waals surface area contributed by atoms with E-state index in [0.717, 1.165) is 32.3 Å². The summed E-state index contributed by atoms with van der Waals surface area (Å²) in [6, 6.07) is 0. The first-order chi connectivity index (χ1) is 16.1. The molecule has 0 bridgehead atoms. The average molecular weight is 466 g/mol. The van der Waals surface area contributed by atoms with Crippen LogP contribution in [-0.2, 0) is 19.0 Å². The zero-order valence-corrected chi connectivity index (χ0v) is 21.8. The second-order valence-electron chi connectivity index (χ2n) is 9.46. The Balaban J connectivity index is 1.85. The third-order valence-electron chi connectivity index (χ3n) is 5.91. The van der Waals surface area contributed by atoms with E-state index in [1.807, 2.05) is 19.0 Å². The Morgan fingerprint density at radius 1 is 0.909 bits per heavy atom. The van der Waals surface area contributed by atoms with Crippen molar-refractivity contribution in [1.29, 1.82) is 0 Å². The van der Waals surface area contributed by atoms with Crippen molar-refractivity contribution in [3.8, 4) is 0 Å². The van der Waals surface area contributed by atoms with Gasteiger partial charge in [-0.15, -0.1) is 0 Å². The summed E-state index contributed by atoms with van der Waals surface area (Å²) in [5, 5.41) is 0. The number of hydrogen-bond acceptors (Lipinski definition) is 5. The van der Waals surface area contributed by atoms with Crippen LogP contribution in [0.4, 0.5) is 0 Å². The maximum atomic E-state index is 11.7. The Labute approximate surface area is 203 Å².